The average Bonchev–Trinajstić information content (AvgIpc) is 3.57. The van der Waals surface area contributed by atoms with Gasteiger partial charge in [-0.15, -0.1) is 0 Å². The number of fused-ring (bicyclic) bond motifs is 1. The molecule has 0 radical (unpaired) electrons. The second-order valence-electron chi connectivity index (χ2n) is 7.86. The zero-order chi connectivity index (χ0) is 20.7. The summed E-state index contributed by atoms with van der Waals surface area (Å²) >= 11 is 5.83. The van der Waals surface area contributed by atoms with Crippen LogP contribution in [0.25, 0.3) is 11.4 Å². The molecule has 5 rings (SSSR count). The summed E-state index contributed by atoms with van der Waals surface area (Å²) in [5.74, 6) is 2.50. The molecule has 1 aliphatic heterocycles. The van der Waals surface area contributed by atoms with Gasteiger partial charge in [0.1, 0.15) is 0 Å². The highest BCUT2D eigenvalue weighted by molar-refractivity contribution is 7.71. The number of nitrogens with zero attached hydrogens (tertiary/aromatic N) is 5. The highest BCUT2D eigenvalue weighted by Gasteiger charge is 2.29. The van der Waals surface area contributed by atoms with Crippen LogP contribution in [0.15, 0.2) is 36.7 Å². The highest BCUT2D eigenvalue weighted by Crippen LogP contribution is 2.38. The fraction of sp³-hybridized carbons (Fsp3) is 0.409. The van der Waals surface area contributed by atoms with Crippen molar-refractivity contribution in [1.82, 2.24) is 24.2 Å². The smallest absolute Gasteiger partial charge is 0.199 e. The van der Waals surface area contributed by atoms with Crippen LogP contribution in [0.4, 0.5) is 0 Å². The zero-order valence-corrected chi connectivity index (χ0v) is 18.1. The summed E-state index contributed by atoms with van der Waals surface area (Å²) in [6.45, 7) is 2.45. The van der Waals surface area contributed by atoms with E-state index < -0.39 is 0 Å². The van der Waals surface area contributed by atoms with Crippen LogP contribution in [0.2, 0.25) is 0 Å². The van der Waals surface area contributed by atoms with Crippen LogP contribution in [0.1, 0.15) is 30.0 Å². The lowest BCUT2D eigenvalue weighted by molar-refractivity contribution is 0.187. The number of rotatable bonds is 6. The largest absolute Gasteiger partial charge is 0.493 e. The van der Waals surface area contributed by atoms with Gasteiger partial charge in [-0.2, -0.15) is 5.10 Å². The van der Waals surface area contributed by atoms with Gasteiger partial charge < -0.3 is 9.47 Å². The van der Waals surface area contributed by atoms with E-state index in [2.05, 4.69) is 26.6 Å². The molecule has 2 aromatic heterocycles. The van der Waals surface area contributed by atoms with E-state index in [4.69, 9.17) is 26.8 Å². The predicted octanol–water partition coefficient (Wildman–Crippen LogP) is 3.84. The molecule has 0 bridgehead atoms. The third-order valence-electron chi connectivity index (χ3n) is 5.85. The minimum Gasteiger partial charge on any atom is -0.493 e. The van der Waals surface area contributed by atoms with Gasteiger partial charge >= 0.3 is 0 Å². The number of methoxy groups -OCH3 is 2. The molecule has 1 aromatic carbocycles. The summed E-state index contributed by atoms with van der Waals surface area (Å²) in [5, 5.41) is 4.91. The molecule has 0 atom stereocenters. The normalized spacial score (nSPS) is 16.3. The second-order valence-corrected chi connectivity index (χ2v) is 8.23. The monoisotopic (exact) mass is 423 g/mol. The topological polar surface area (TPSA) is 57.3 Å². The lowest BCUT2D eigenvalue weighted by Crippen LogP contribution is -2.32. The Kier molecular flexibility index (Phi) is 5.04. The predicted molar refractivity (Wildman–Crippen MR) is 116 cm³/mol. The molecule has 0 N–H and O–H groups in total. The SMILES string of the molecule is COc1cc2c(cc1OC)CN(Cn1nc(-c3ccncc3)n(C3CC3)c1=S)CC2. The van der Waals surface area contributed by atoms with Crippen LogP contribution >= 0.6 is 12.2 Å². The quantitative estimate of drug-likeness (QED) is 0.562. The number of aromatic nitrogens is 4. The van der Waals surface area contributed by atoms with E-state index in [1.807, 2.05) is 16.8 Å². The van der Waals surface area contributed by atoms with Gasteiger partial charge in [-0.3, -0.25) is 14.5 Å². The van der Waals surface area contributed by atoms with Gasteiger partial charge in [-0.05, 0) is 66.9 Å². The minimum atomic E-state index is 0.466. The molecule has 156 valence electrons. The van der Waals surface area contributed by atoms with E-state index in [0.717, 1.165) is 60.0 Å². The summed E-state index contributed by atoms with van der Waals surface area (Å²) in [4.78, 5) is 6.51. The molecule has 0 saturated heterocycles. The Bertz CT molecular complexity index is 1120. The third-order valence-corrected chi connectivity index (χ3v) is 6.26. The minimum absolute atomic E-state index is 0.466. The Morgan fingerprint density at radius 3 is 2.43 bits per heavy atom. The van der Waals surface area contributed by atoms with Crippen LogP contribution in [-0.2, 0) is 19.6 Å². The molecule has 1 aliphatic carbocycles. The molecule has 30 heavy (non-hydrogen) atoms. The first-order chi connectivity index (χ1) is 14.7. The van der Waals surface area contributed by atoms with Crippen molar-refractivity contribution in [2.75, 3.05) is 20.8 Å². The van der Waals surface area contributed by atoms with Crippen LogP contribution < -0.4 is 9.47 Å². The second kappa shape index (κ2) is 7.85. The van der Waals surface area contributed by atoms with E-state index in [9.17, 15) is 0 Å². The number of hydrogen-bond acceptors (Lipinski definition) is 6. The Labute approximate surface area is 180 Å². The summed E-state index contributed by atoms with van der Waals surface area (Å²) in [5.41, 5.74) is 3.64. The Balaban J connectivity index is 1.43. The van der Waals surface area contributed by atoms with Crippen LogP contribution in [-0.4, -0.2) is 45.0 Å². The van der Waals surface area contributed by atoms with Crippen molar-refractivity contribution in [3.8, 4) is 22.9 Å². The number of benzene rings is 1. The summed E-state index contributed by atoms with van der Waals surface area (Å²) < 4.78 is 15.9. The highest BCUT2D eigenvalue weighted by atomic mass is 32.1. The molecule has 0 spiro atoms. The van der Waals surface area contributed by atoms with Crippen molar-refractivity contribution < 1.29 is 9.47 Å². The van der Waals surface area contributed by atoms with Crippen molar-refractivity contribution >= 4 is 12.2 Å². The van der Waals surface area contributed by atoms with Crippen molar-refractivity contribution in [1.29, 1.82) is 0 Å². The first-order valence-corrected chi connectivity index (χ1v) is 10.6. The van der Waals surface area contributed by atoms with E-state index in [1.54, 1.807) is 26.6 Å². The maximum Gasteiger partial charge on any atom is 0.199 e. The van der Waals surface area contributed by atoms with Crippen molar-refractivity contribution in [3.05, 3.63) is 52.6 Å². The Morgan fingerprint density at radius 1 is 1.07 bits per heavy atom. The van der Waals surface area contributed by atoms with Crippen LogP contribution in [0.5, 0.6) is 11.5 Å². The van der Waals surface area contributed by atoms with E-state index in [1.165, 1.54) is 11.1 Å². The van der Waals surface area contributed by atoms with Gasteiger partial charge in [0.15, 0.2) is 22.1 Å². The average molecular weight is 424 g/mol. The van der Waals surface area contributed by atoms with E-state index in [-0.39, 0.29) is 0 Å². The van der Waals surface area contributed by atoms with Gasteiger partial charge in [-0.25, -0.2) is 4.68 Å². The molecule has 1 saturated carbocycles. The van der Waals surface area contributed by atoms with Crippen molar-refractivity contribution in [2.45, 2.75) is 38.5 Å². The standard InChI is InChI=1S/C22H25N5O2S/c1-28-19-11-16-7-10-25(13-17(16)12-20(19)29-2)14-26-22(30)27(18-3-4-18)21(24-26)15-5-8-23-9-6-15/h5-6,8-9,11-12,18H,3-4,7,10,13-14H2,1-2H3. The molecule has 3 aromatic rings. The first-order valence-electron chi connectivity index (χ1n) is 10.2. The Morgan fingerprint density at radius 2 is 1.77 bits per heavy atom. The van der Waals surface area contributed by atoms with Gasteiger partial charge in [0, 0.05) is 37.1 Å². The lowest BCUT2D eigenvalue weighted by atomic mass is 9.99. The fourth-order valence-electron chi connectivity index (χ4n) is 4.12. The molecule has 2 aliphatic rings. The maximum atomic E-state index is 5.83. The fourth-order valence-corrected chi connectivity index (χ4v) is 4.46. The van der Waals surface area contributed by atoms with Gasteiger partial charge in [0.25, 0.3) is 0 Å². The molecule has 0 amide bonds. The third kappa shape index (κ3) is 3.50. The zero-order valence-electron chi connectivity index (χ0n) is 17.2. The Hall–Kier alpha value is -2.71. The number of pyridine rings is 1. The summed E-state index contributed by atoms with van der Waals surface area (Å²) in [7, 11) is 3.35. The first kappa shape index (κ1) is 19.3. The van der Waals surface area contributed by atoms with Gasteiger partial charge in [-0.1, -0.05) is 0 Å². The molecule has 8 heteroatoms. The molecule has 7 nitrogen and oxygen atoms in total. The molecule has 1 fully saturated rings. The molecule has 3 heterocycles. The molecule has 0 unspecified atom stereocenters. The number of hydrogen-bond donors (Lipinski definition) is 0. The van der Waals surface area contributed by atoms with Gasteiger partial charge in [0.05, 0.1) is 20.9 Å². The van der Waals surface area contributed by atoms with E-state index >= 15 is 0 Å². The summed E-state index contributed by atoms with van der Waals surface area (Å²) in [6.07, 6.45) is 6.90. The van der Waals surface area contributed by atoms with Crippen LogP contribution in [0, 0.1) is 4.77 Å². The van der Waals surface area contributed by atoms with Crippen LogP contribution in [0.3, 0.4) is 0 Å². The van der Waals surface area contributed by atoms with E-state index in [0.29, 0.717) is 12.7 Å². The maximum absolute atomic E-state index is 5.83. The van der Waals surface area contributed by atoms with Gasteiger partial charge in [0.2, 0.25) is 0 Å². The molecular weight excluding hydrogens is 398 g/mol. The van der Waals surface area contributed by atoms with Crippen molar-refractivity contribution in [3.63, 3.8) is 0 Å². The molecular formula is C22H25N5O2S. The van der Waals surface area contributed by atoms with Crippen molar-refractivity contribution in [2.24, 2.45) is 0 Å². The number of ether oxygens (including phenoxy) is 2. The lowest BCUT2D eigenvalue weighted by Gasteiger charge is -2.29. The summed E-state index contributed by atoms with van der Waals surface area (Å²) in [6, 6.07) is 8.65.